The molecule has 2 heterocycles. The second-order valence-corrected chi connectivity index (χ2v) is 11.0. The van der Waals surface area contributed by atoms with Gasteiger partial charge in [0.05, 0.1) is 26.4 Å². The molecule has 12 heteroatoms. The normalized spacial score (nSPS) is 19.7. The lowest BCUT2D eigenvalue weighted by atomic mass is 9.80. The number of carbonyl (C=O) groups excluding carboxylic acids is 1. The number of carbonyl (C=O) groups is 1. The fraction of sp³-hybridized carbons (Fsp3) is 0.355. The Labute approximate surface area is 259 Å². The smallest absolute Gasteiger partial charge is 0.255 e. The van der Waals surface area contributed by atoms with Crippen LogP contribution in [0.2, 0.25) is 10.0 Å². The summed E-state index contributed by atoms with van der Waals surface area (Å²) < 4.78 is 17.8. The molecule has 2 aliphatic rings. The number of halogens is 2. The van der Waals surface area contributed by atoms with Crippen molar-refractivity contribution >= 4 is 35.0 Å². The quantitative estimate of drug-likeness (QED) is 0.123. The van der Waals surface area contributed by atoms with Crippen molar-refractivity contribution < 1.29 is 24.1 Å². The monoisotopic (exact) mass is 623 g/mol. The van der Waals surface area contributed by atoms with E-state index in [0.717, 1.165) is 11.1 Å². The van der Waals surface area contributed by atoms with E-state index < -0.39 is 11.6 Å². The molecule has 3 aromatic carbocycles. The first-order valence-electron chi connectivity index (χ1n) is 14.0. The van der Waals surface area contributed by atoms with Crippen LogP contribution in [0.4, 0.5) is 0 Å². The van der Waals surface area contributed by atoms with E-state index in [1.165, 1.54) is 0 Å². The Morgan fingerprint density at radius 3 is 2.56 bits per heavy atom. The van der Waals surface area contributed by atoms with Crippen LogP contribution < -0.4 is 4.74 Å². The number of hydrogen-bond acceptors (Lipinski definition) is 7. The molecule has 43 heavy (non-hydrogen) atoms. The summed E-state index contributed by atoms with van der Waals surface area (Å²) in [5.41, 5.74) is 10.4. The van der Waals surface area contributed by atoms with Crippen LogP contribution in [-0.2, 0) is 27.2 Å². The third-order valence-electron chi connectivity index (χ3n) is 7.43. The van der Waals surface area contributed by atoms with Crippen molar-refractivity contribution in [1.29, 1.82) is 0 Å². The lowest BCUT2D eigenvalue weighted by Crippen LogP contribution is -2.54. The lowest BCUT2D eigenvalue weighted by Gasteiger charge is -2.37. The molecule has 0 radical (unpaired) electrons. The van der Waals surface area contributed by atoms with Gasteiger partial charge in [-0.25, -0.2) is 4.99 Å². The number of ether oxygens (including phenoxy) is 3. The summed E-state index contributed by atoms with van der Waals surface area (Å²) in [5.74, 6) is 0.701. The van der Waals surface area contributed by atoms with E-state index in [4.69, 9.17) is 53.0 Å². The van der Waals surface area contributed by atoms with Gasteiger partial charge < -0.3 is 24.2 Å². The molecule has 1 N–H and O–H groups in total. The minimum atomic E-state index is -1.45. The molecule has 1 amide bonds. The Morgan fingerprint density at radius 1 is 1.12 bits per heavy atom. The highest BCUT2D eigenvalue weighted by molar-refractivity contribution is 6.35. The van der Waals surface area contributed by atoms with Crippen LogP contribution in [0.5, 0.6) is 5.75 Å². The van der Waals surface area contributed by atoms with E-state index in [2.05, 4.69) is 10.0 Å². The lowest BCUT2D eigenvalue weighted by molar-refractivity contribution is -0.143. The fourth-order valence-electron chi connectivity index (χ4n) is 5.28. The zero-order valence-corrected chi connectivity index (χ0v) is 24.9. The number of aliphatic hydroxyl groups excluding tert-OH is 1. The van der Waals surface area contributed by atoms with E-state index >= 15 is 0 Å². The number of azide groups is 1. The van der Waals surface area contributed by atoms with Crippen molar-refractivity contribution in [1.82, 2.24) is 4.90 Å². The van der Waals surface area contributed by atoms with Crippen LogP contribution in [-0.4, -0.2) is 66.9 Å². The molecule has 1 fully saturated rings. The van der Waals surface area contributed by atoms with Crippen molar-refractivity contribution in [3.63, 3.8) is 0 Å². The summed E-state index contributed by atoms with van der Waals surface area (Å²) in [6.07, 6.45) is -0.208. The second kappa shape index (κ2) is 14.1. The van der Waals surface area contributed by atoms with Crippen molar-refractivity contribution in [2.24, 2.45) is 10.1 Å². The van der Waals surface area contributed by atoms with Gasteiger partial charge in [-0.2, -0.15) is 0 Å². The number of aliphatic imine (C=N–C) groups is 1. The number of aliphatic hydroxyl groups is 1. The summed E-state index contributed by atoms with van der Waals surface area (Å²) >= 11 is 13.0. The molecule has 0 bridgehead atoms. The van der Waals surface area contributed by atoms with Crippen molar-refractivity contribution in [3.8, 4) is 5.75 Å². The summed E-state index contributed by atoms with van der Waals surface area (Å²) in [4.78, 5) is 24.5. The average molecular weight is 625 g/mol. The van der Waals surface area contributed by atoms with Crippen LogP contribution in [0.3, 0.4) is 0 Å². The largest absolute Gasteiger partial charge is 0.494 e. The maximum atomic E-state index is 14.7. The molecule has 10 nitrogen and oxygen atoms in total. The van der Waals surface area contributed by atoms with Gasteiger partial charge in [0.15, 0.2) is 11.6 Å². The van der Waals surface area contributed by atoms with Gasteiger partial charge in [0.2, 0.25) is 5.90 Å². The molecule has 0 aliphatic carbocycles. The highest BCUT2D eigenvalue weighted by atomic mass is 35.5. The Bertz CT molecular complexity index is 1520. The molecule has 0 saturated carbocycles. The van der Waals surface area contributed by atoms with Gasteiger partial charge in [0.1, 0.15) is 5.75 Å². The molecule has 0 aromatic heterocycles. The molecule has 5 rings (SSSR count). The highest BCUT2D eigenvalue weighted by Crippen LogP contribution is 2.46. The molecule has 224 valence electrons. The van der Waals surface area contributed by atoms with Gasteiger partial charge in [-0.3, -0.25) is 4.79 Å². The minimum Gasteiger partial charge on any atom is -0.494 e. The number of rotatable bonds is 11. The number of amides is 1. The van der Waals surface area contributed by atoms with E-state index in [1.807, 2.05) is 36.4 Å². The van der Waals surface area contributed by atoms with Gasteiger partial charge in [-0.1, -0.05) is 58.6 Å². The Kier molecular flexibility index (Phi) is 10.1. The third-order valence-corrected chi connectivity index (χ3v) is 8.00. The molecule has 1 saturated heterocycles. The van der Waals surface area contributed by atoms with Gasteiger partial charge in [-0.05, 0) is 53.1 Å². The van der Waals surface area contributed by atoms with E-state index in [0.29, 0.717) is 66.3 Å². The topological polar surface area (TPSA) is 129 Å². The van der Waals surface area contributed by atoms with Crippen molar-refractivity contribution in [3.05, 3.63) is 109 Å². The average Bonchev–Trinajstić information content (AvgIpc) is 3.41. The van der Waals surface area contributed by atoms with Gasteiger partial charge in [0.25, 0.3) is 5.91 Å². The molecular weight excluding hydrogens is 593 g/mol. The van der Waals surface area contributed by atoms with Gasteiger partial charge in [-0.15, -0.1) is 0 Å². The number of nitrogens with zero attached hydrogens (tertiary/aromatic N) is 5. The Hall–Kier alpha value is -3.79. The predicted octanol–water partition coefficient (Wildman–Crippen LogP) is 5.92. The first-order chi connectivity index (χ1) is 20.9. The van der Waals surface area contributed by atoms with E-state index in [-0.39, 0.29) is 31.4 Å². The number of morpholine rings is 1. The number of hydrogen-bond donors (Lipinski definition) is 1. The summed E-state index contributed by atoms with van der Waals surface area (Å²) in [7, 11) is 0. The van der Waals surface area contributed by atoms with Crippen molar-refractivity contribution in [2.45, 2.75) is 31.0 Å². The fourth-order valence-corrected chi connectivity index (χ4v) is 5.79. The van der Waals surface area contributed by atoms with Crippen LogP contribution in [0.15, 0.2) is 76.8 Å². The molecular formula is C31H31Cl2N5O5. The number of benzene rings is 3. The molecule has 2 atom stereocenters. The molecule has 0 spiro atoms. The standard InChI is InChI=1S/C31H31Cl2N5O5/c32-24-8-11-26(27(33)18-24)28-31(30(40)38-12-16-41-17-13-38,19-22-4-1-2-5-23(22)20-35-37-34)36-29(43-28)21-6-9-25(10-7-21)42-15-3-14-39/h1-2,4-11,18,28,39H,3,12-17,19-20H2/t28-,31-/m1/s1. The van der Waals surface area contributed by atoms with Crippen LogP contribution >= 0.6 is 23.2 Å². The summed E-state index contributed by atoms with van der Waals surface area (Å²) in [6.45, 7) is 2.20. The SMILES string of the molecule is [N-]=[N+]=NCc1ccccc1C[C@@]1(C(=O)N2CCOCC2)N=C(c2ccc(OCCCO)cc2)O[C@@H]1c1ccc(Cl)cc1Cl. The van der Waals surface area contributed by atoms with E-state index in [1.54, 1.807) is 35.2 Å². The Balaban J connectivity index is 1.64. The van der Waals surface area contributed by atoms with Crippen LogP contribution in [0, 0.1) is 0 Å². The predicted molar refractivity (Wildman–Crippen MR) is 164 cm³/mol. The third kappa shape index (κ3) is 6.90. The molecule has 0 unspecified atom stereocenters. The summed E-state index contributed by atoms with van der Waals surface area (Å²) in [6, 6.07) is 19.8. The minimum absolute atomic E-state index is 0.0443. The molecule has 2 aliphatic heterocycles. The highest BCUT2D eigenvalue weighted by Gasteiger charge is 2.55. The van der Waals surface area contributed by atoms with E-state index in [9.17, 15) is 4.79 Å². The zero-order chi connectivity index (χ0) is 30.2. The molecule has 3 aromatic rings. The van der Waals surface area contributed by atoms with Crippen molar-refractivity contribution in [2.75, 3.05) is 39.5 Å². The van der Waals surface area contributed by atoms with Crippen LogP contribution in [0.1, 0.15) is 34.8 Å². The first kappa shape index (κ1) is 30.7. The maximum Gasteiger partial charge on any atom is 0.255 e. The second-order valence-electron chi connectivity index (χ2n) is 10.2. The first-order valence-corrected chi connectivity index (χ1v) is 14.7. The van der Waals surface area contributed by atoms with Crippen LogP contribution in [0.25, 0.3) is 10.4 Å². The summed E-state index contributed by atoms with van der Waals surface area (Å²) in [5, 5.41) is 13.6. The van der Waals surface area contributed by atoms with Gasteiger partial charge >= 0.3 is 0 Å². The maximum absolute atomic E-state index is 14.7. The van der Waals surface area contributed by atoms with Gasteiger partial charge in [0, 0.05) is 58.6 Å². The Morgan fingerprint density at radius 2 is 1.86 bits per heavy atom. The zero-order valence-electron chi connectivity index (χ0n) is 23.4.